The van der Waals surface area contributed by atoms with Crippen molar-refractivity contribution in [2.75, 3.05) is 83.0 Å². The van der Waals surface area contributed by atoms with Crippen molar-refractivity contribution in [3.05, 3.63) is 69.3 Å². The number of nitriles is 1. The van der Waals surface area contributed by atoms with Crippen molar-refractivity contribution in [1.29, 1.82) is 5.26 Å². The average molecular weight is 786 g/mol. The van der Waals surface area contributed by atoms with Crippen LogP contribution in [-0.4, -0.2) is 104 Å². The zero-order valence-corrected chi connectivity index (χ0v) is 33.7. The van der Waals surface area contributed by atoms with E-state index in [2.05, 4.69) is 30.1 Å². The van der Waals surface area contributed by atoms with Gasteiger partial charge in [-0.2, -0.15) is 5.26 Å². The Morgan fingerprint density at radius 2 is 1.67 bits per heavy atom. The molecule has 1 unspecified atom stereocenters. The summed E-state index contributed by atoms with van der Waals surface area (Å²) < 4.78 is 17.4. The summed E-state index contributed by atoms with van der Waals surface area (Å²) >= 11 is 12.1. The quantitative estimate of drug-likeness (QED) is 0.0353. The van der Waals surface area contributed by atoms with Gasteiger partial charge in [0, 0.05) is 71.8 Å². The van der Waals surface area contributed by atoms with Crippen molar-refractivity contribution < 1.29 is 19.0 Å². The molecule has 2 aromatic heterocycles. The number of amides is 1. The van der Waals surface area contributed by atoms with Gasteiger partial charge < -0.3 is 30.2 Å². The SMILES string of the molecule is C/C=C(\C=C/COCCCOCCCCCCOCCCN1CCN(c2cc(N)nc(C)n2)CC1)C(CCC)NC(=O)/C(C#N)=C/c1nc(Cl)ccc1Cl. The number of nitrogens with one attached hydrogen (secondary N) is 1. The number of piperazine rings is 1. The Balaban J connectivity index is 1.16. The van der Waals surface area contributed by atoms with Gasteiger partial charge in [-0.15, -0.1) is 0 Å². The number of carbonyl (C=O) groups excluding carboxylic acids is 1. The average Bonchev–Trinajstić information content (AvgIpc) is 3.15. The summed E-state index contributed by atoms with van der Waals surface area (Å²) in [6.07, 6.45) is 15.0. The lowest BCUT2D eigenvalue weighted by atomic mass is 10.0. The monoisotopic (exact) mass is 784 g/mol. The summed E-state index contributed by atoms with van der Waals surface area (Å²) in [6.45, 7) is 14.9. The van der Waals surface area contributed by atoms with Crippen molar-refractivity contribution in [3.8, 4) is 6.07 Å². The number of nitrogens with zero attached hydrogens (tertiary/aromatic N) is 6. The number of halogens is 2. The number of hydrogen-bond acceptors (Lipinski definition) is 11. The molecule has 3 heterocycles. The van der Waals surface area contributed by atoms with E-state index < -0.39 is 5.91 Å². The predicted molar refractivity (Wildman–Crippen MR) is 218 cm³/mol. The molecule has 12 nitrogen and oxygen atoms in total. The van der Waals surface area contributed by atoms with E-state index in [1.54, 1.807) is 12.1 Å². The van der Waals surface area contributed by atoms with Crippen LogP contribution in [0.25, 0.3) is 6.08 Å². The first-order chi connectivity index (χ1) is 26.2. The third-order valence-electron chi connectivity index (χ3n) is 8.84. The molecule has 3 rings (SSSR count). The lowest BCUT2D eigenvalue weighted by Gasteiger charge is -2.35. The molecule has 1 aliphatic rings. The summed E-state index contributed by atoms with van der Waals surface area (Å²) in [6, 6.07) is 6.65. The number of anilines is 2. The molecule has 3 N–H and O–H groups in total. The molecule has 0 spiro atoms. The molecule has 1 fully saturated rings. The van der Waals surface area contributed by atoms with Crippen LogP contribution < -0.4 is 16.0 Å². The molecule has 14 heteroatoms. The Kier molecular flexibility index (Phi) is 21.8. The smallest absolute Gasteiger partial charge is 0.262 e. The molecule has 296 valence electrons. The van der Waals surface area contributed by atoms with Gasteiger partial charge in [0.25, 0.3) is 5.91 Å². The zero-order valence-electron chi connectivity index (χ0n) is 32.2. The Morgan fingerprint density at radius 3 is 2.33 bits per heavy atom. The number of carbonyl (C=O) groups is 1. The minimum Gasteiger partial charge on any atom is -0.384 e. The van der Waals surface area contributed by atoms with Crippen molar-refractivity contribution in [2.24, 2.45) is 0 Å². The molecule has 0 aliphatic carbocycles. The van der Waals surface area contributed by atoms with Gasteiger partial charge in [-0.05, 0) is 69.7 Å². The number of allylic oxidation sites excluding steroid dienone is 1. The molecule has 1 aliphatic heterocycles. The van der Waals surface area contributed by atoms with E-state index >= 15 is 0 Å². The van der Waals surface area contributed by atoms with E-state index in [1.807, 2.05) is 51.1 Å². The van der Waals surface area contributed by atoms with Crippen molar-refractivity contribution in [2.45, 2.75) is 78.2 Å². The van der Waals surface area contributed by atoms with Crippen LogP contribution >= 0.6 is 23.2 Å². The molecule has 1 saturated heterocycles. The maximum atomic E-state index is 13.0. The topological polar surface area (TPSA) is 152 Å². The van der Waals surface area contributed by atoms with Gasteiger partial charge >= 0.3 is 0 Å². The van der Waals surface area contributed by atoms with E-state index in [-0.39, 0.29) is 22.5 Å². The molecule has 0 bridgehead atoms. The number of unbranched alkanes of at least 4 members (excludes halogenated alkanes) is 3. The number of rotatable bonds is 25. The zero-order chi connectivity index (χ0) is 39.0. The maximum Gasteiger partial charge on any atom is 0.262 e. The van der Waals surface area contributed by atoms with Gasteiger partial charge in [-0.25, -0.2) is 15.0 Å². The molecule has 1 atom stereocenters. The summed E-state index contributed by atoms with van der Waals surface area (Å²) in [5.41, 5.74) is 6.98. The number of ether oxygens (including phenoxy) is 3. The van der Waals surface area contributed by atoms with Crippen molar-refractivity contribution >= 4 is 46.8 Å². The first kappa shape index (κ1) is 44.8. The largest absolute Gasteiger partial charge is 0.384 e. The fraction of sp³-hybridized carbons (Fsp3) is 0.575. The van der Waals surface area contributed by atoms with Gasteiger partial charge in [0.15, 0.2) is 0 Å². The molecule has 1 amide bonds. The summed E-state index contributed by atoms with van der Waals surface area (Å²) in [4.78, 5) is 30.6. The lowest BCUT2D eigenvalue weighted by Crippen LogP contribution is -2.47. The van der Waals surface area contributed by atoms with E-state index in [1.165, 1.54) is 6.08 Å². The minimum atomic E-state index is -0.502. The number of nitrogens with two attached hydrogens (primary N) is 1. The lowest BCUT2D eigenvalue weighted by molar-refractivity contribution is -0.117. The number of hydrogen-bond donors (Lipinski definition) is 2. The second-order valence-corrected chi connectivity index (χ2v) is 13.9. The normalized spacial score (nSPS) is 14.8. The fourth-order valence-corrected chi connectivity index (χ4v) is 6.29. The highest BCUT2D eigenvalue weighted by Crippen LogP contribution is 2.20. The number of pyridine rings is 1. The summed E-state index contributed by atoms with van der Waals surface area (Å²) in [5, 5.41) is 13.1. The highest BCUT2D eigenvalue weighted by atomic mass is 35.5. The van der Waals surface area contributed by atoms with Gasteiger partial charge in [0.2, 0.25) is 0 Å². The van der Waals surface area contributed by atoms with Gasteiger partial charge in [0.05, 0.1) is 23.4 Å². The van der Waals surface area contributed by atoms with Crippen LogP contribution in [0.4, 0.5) is 11.6 Å². The van der Waals surface area contributed by atoms with Gasteiger partial charge in [-0.3, -0.25) is 9.69 Å². The molecule has 0 saturated carbocycles. The highest BCUT2D eigenvalue weighted by molar-refractivity contribution is 6.33. The van der Waals surface area contributed by atoms with Crippen LogP contribution in [0.5, 0.6) is 0 Å². The van der Waals surface area contributed by atoms with Crippen molar-refractivity contribution in [1.82, 2.24) is 25.2 Å². The molecule has 54 heavy (non-hydrogen) atoms. The first-order valence-electron chi connectivity index (χ1n) is 19.1. The molecule has 0 aromatic carbocycles. The van der Waals surface area contributed by atoms with E-state index in [4.69, 9.17) is 43.1 Å². The third kappa shape index (κ3) is 17.3. The molecular formula is C40H58Cl2N8O4. The van der Waals surface area contributed by atoms with Crippen LogP contribution in [-0.2, 0) is 19.0 Å². The first-order valence-corrected chi connectivity index (χ1v) is 19.9. The van der Waals surface area contributed by atoms with Gasteiger partial charge in [-0.1, -0.05) is 67.6 Å². The number of aromatic nitrogens is 3. The number of aryl methyl sites for hydroxylation is 1. The standard InChI is InChI=1S/C40H58Cl2N8O4/c1-4-13-35(48-40(51)33(30-43)28-36-34(41)15-16-37(42)47-36)32(5-2)14-10-24-54-27-12-26-53-23-9-7-6-8-22-52-25-11-17-49-18-20-50(21-19-49)39-29-38(44)45-31(3)46-39/h5,10,14-16,28-29,35H,4,6-9,11-13,17-27H2,1-3H3,(H,48,51)(H2,44,45,46)/b14-10-,32-5+,33-28+. The third-order valence-corrected chi connectivity index (χ3v) is 9.37. The van der Waals surface area contributed by atoms with E-state index in [0.717, 1.165) is 109 Å². The molecule has 0 radical (unpaired) electrons. The van der Waals surface area contributed by atoms with E-state index in [0.29, 0.717) is 42.9 Å². The number of nitrogen functional groups attached to an aromatic ring is 1. The molecular weight excluding hydrogens is 727 g/mol. The molecule has 2 aromatic rings. The van der Waals surface area contributed by atoms with Crippen molar-refractivity contribution in [3.63, 3.8) is 0 Å². The summed E-state index contributed by atoms with van der Waals surface area (Å²) in [5.74, 6) is 1.66. The Morgan fingerprint density at radius 1 is 0.981 bits per heavy atom. The maximum absolute atomic E-state index is 13.0. The Labute approximate surface area is 331 Å². The second-order valence-electron chi connectivity index (χ2n) is 13.1. The van der Waals surface area contributed by atoms with Crippen LogP contribution in [0.2, 0.25) is 10.2 Å². The Bertz CT molecular complexity index is 1540. The predicted octanol–water partition coefficient (Wildman–Crippen LogP) is 6.98. The van der Waals surface area contributed by atoms with E-state index in [9.17, 15) is 10.1 Å². The highest BCUT2D eigenvalue weighted by Gasteiger charge is 2.19. The second kappa shape index (κ2) is 26.3. The van der Waals surface area contributed by atoms with Crippen LogP contribution in [0.3, 0.4) is 0 Å². The van der Waals surface area contributed by atoms with Gasteiger partial charge in [0.1, 0.15) is 34.3 Å². The fourth-order valence-electron chi connectivity index (χ4n) is 5.97. The minimum absolute atomic E-state index is 0.103. The Hall–Kier alpha value is -3.57. The summed E-state index contributed by atoms with van der Waals surface area (Å²) in [7, 11) is 0. The van der Waals surface area contributed by atoms with Crippen LogP contribution in [0, 0.1) is 18.3 Å². The van der Waals surface area contributed by atoms with Crippen LogP contribution in [0.15, 0.2) is 47.6 Å². The van der Waals surface area contributed by atoms with Crippen LogP contribution in [0.1, 0.15) is 76.7 Å².